The zero-order valence-electron chi connectivity index (χ0n) is 10.1. The van der Waals surface area contributed by atoms with Crippen molar-refractivity contribution in [1.29, 1.82) is 0 Å². The number of hydrogen-bond donors (Lipinski definition) is 0. The van der Waals surface area contributed by atoms with Crippen LogP contribution in [0.5, 0.6) is 0 Å². The third-order valence-electron chi connectivity index (χ3n) is 0.660. The van der Waals surface area contributed by atoms with E-state index in [-0.39, 0.29) is 72.3 Å². The average molecular weight is 320 g/mol. The quantitative estimate of drug-likeness (QED) is 0.204. The summed E-state index contributed by atoms with van der Waals surface area (Å²) in [6.45, 7) is 5.75. The Morgan fingerprint density at radius 1 is 0.833 bits per heavy atom. The van der Waals surface area contributed by atoms with Gasteiger partial charge in [0.1, 0.15) is 0 Å². The van der Waals surface area contributed by atoms with Gasteiger partial charge in [-0.3, -0.25) is 8.37 Å². The molecule has 0 fully saturated rings. The van der Waals surface area contributed by atoms with E-state index in [1.807, 2.05) is 0 Å². The summed E-state index contributed by atoms with van der Waals surface area (Å²) < 4.78 is 64.7. The molecule has 0 aromatic rings. The molecule has 0 rings (SSSR count). The summed E-state index contributed by atoms with van der Waals surface area (Å²) in [5.74, 6) is 0. The zero-order chi connectivity index (χ0) is 13.2. The molecule has 0 aromatic heterocycles. The second-order valence-electron chi connectivity index (χ2n) is 1.96. The second kappa shape index (κ2) is 14.6. The predicted molar refractivity (Wildman–Crippen MR) is 51.7 cm³/mol. The maximum Gasteiger partial charge on any atom is 1.00 e. The van der Waals surface area contributed by atoms with Gasteiger partial charge in [-0.2, -0.15) is 0 Å². The van der Waals surface area contributed by atoms with Gasteiger partial charge < -0.3 is 9.11 Å². The van der Waals surface area contributed by atoms with Gasteiger partial charge in [-0.25, -0.2) is 16.8 Å². The Morgan fingerprint density at radius 3 is 1.11 bits per heavy atom. The summed E-state index contributed by atoms with van der Waals surface area (Å²) >= 11 is 0. The van der Waals surface area contributed by atoms with E-state index in [0.29, 0.717) is 0 Å². The van der Waals surface area contributed by atoms with E-state index in [4.69, 9.17) is 0 Å². The molecule has 0 unspecified atom stereocenters. The molecule has 0 atom stereocenters. The molecule has 0 aliphatic rings. The first-order valence-electron chi connectivity index (χ1n) is 3.54. The molecule has 0 saturated carbocycles. The minimum absolute atomic E-state index is 0. The SMILES string of the molecule is C=CCOS(=O)(=O)[O-].C=CCOS(=O)(=O)[O-].[Na+].[Na+]. The van der Waals surface area contributed by atoms with Crippen LogP contribution in [-0.2, 0) is 29.2 Å². The average Bonchev–Trinajstić information content (AvgIpc) is 2.10. The van der Waals surface area contributed by atoms with E-state index in [0.717, 1.165) is 0 Å². The van der Waals surface area contributed by atoms with Gasteiger partial charge in [-0.1, -0.05) is 12.2 Å². The first kappa shape index (κ1) is 27.5. The summed E-state index contributed by atoms with van der Waals surface area (Å²) in [5.41, 5.74) is 0. The van der Waals surface area contributed by atoms with Crippen LogP contribution in [0.1, 0.15) is 0 Å². The van der Waals surface area contributed by atoms with E-state index in [2.05, 4.69) is 21.5 Å². The second-order valence-corrected chi connectivity index (χ2v) is 4.07. The van der Waals surface area contributed by atoms with Crippen molar-refractivity contribution in [2.24, 2.45) is 0 Å². The van der Waals surface area contributed by atoms with Crippen molar-refractivity contribution in [3.05, 3.63) is 25.3 Å². The smallest absolute Gasteiger partial charge is 0.726 e. The normalized spacial score (nSPS) is 9.89. The third-order valence-corrected chi connectivity index (χ3v) is 1.51. The van der Waals surface area contributed by atoms with Gasteiger partial charge in [0.15, 0.2) is 0 Å². The summed E-state index contributed by atoms with van der Waals surface area (Å²) in [7, 11) is -9.02. The molecule has 0 spiro atoms. The van der Waals surface area contributed by atoms with Crippen LogP contribution in [0.3, 0.4) is 0 Å². The Morgan fingerprint density at radius 2 is 1.06 bits per heavy atom. The minimum atomic E-state index is -4.51. The van der Waals surface area contributed by atoms with Crippen LogP contribution in [0.2, 0.25) is 0 Å². The first-order chi connectivity index (χ1) is 7.12. The standard InChI is InChI=1S/2C3H6O4S.2Na/c2*1-2-3-7-8(4,5)6;;/h2*2H,1,3H2,(H,4,5,6);;/q;;2*+1/p-2. The Balaban J connectivity index is -0.0000000980. The molecule has 0 bridgehead atoms. The maximum absolute atomic E-state index is 9.56. The molecule has 0 radical (unpaired) electrons. The van der Waals surface area contributed by atoms with Gasteiger partial charge in [-0.05, 0) is 0 Å². The minimum Gasteiger partial charge on any atom is -0.726 e. The molecule has 0 amide bonds. The van der Waals surface area contributed by atoms with Crippen LogP contribution in [0.15, 0.2) is 25.3 Å². The van der Waals surface area contributed by atoms with E-state index in [1.165, 1.54) is 12.2 Å². The fourth-order valence-electron chi connectivity index (χ4n) is 0.263. The van der Waals surface area contributed by atoms with Crippen LogP contribution < -0.4 is 59.1 Å². The molecule has 0 aliphatic heterocycles. The molecule has 0 aromatic carbocycles. The summed E-state index contributed by atoms with van der Waals surface area (Å²) in [5, 5.41) is 0. The van der Waals surface area contributed by atoms with E-state index in [1.54, 1.807) is 0 Å². The van der Waals surface area contributed by atoms with Crippen molar-refractivity contribution in [2.45, 2.75) is 0 Å². The molecule has 0 heterocycles. The zero-order valence-corrected chi connectivity index (χ0v) is 15.7. The molecular formula is C6H10Na2O8S2. The summed E-state index contributed by atoms with van der Waals surface area (Å²) in [6.07, 6.45) is 2.35. The Hall–Kier alpha value is 1.22. The number of hydrogen-bond acceptors (Lipinski definition) is 8. The van der Waals surface area contributed by atoms with Gasteiger partial charge in [0.05, 0.1) is 13.2 Å². The topological polar surface area (TPSA) is 133 Å². The molecule has 0 N–H and O–H groups in total. The van der Waals surface area contributed by atoms with Crippen LogP contribution in [0, 0.1) is 0 Å². The summed E-state index contributed by atoms with van der Waals surface area (Å²) in [4.78, 5) is 0. The molecule has 12 heteroatoms. The molecule has 8 nitrogen and oxygen atoms in total. The van der Waals surface area contributed by atoms with Gasteiger partial charge in [-0.15, -0.1) is 13.2 Å². The van der Waals surface area contributed by atoms with Crippen molar-refractivity contribution in [1.82, 2.24) is 0 Å². The van der Waals surface area contributed by atoms with Gasteiger partial charge in [0.2, 0.25) is 20.8 Å². The van der Waals surface area contributed by atoms with Gasteiger partial charge in [0.25, 0.3) is 0 Å². The predicted octanol–water partition coefficient (Wildman–Crippen LogP) is -6.69. The Labute approximate surface area is 151 Å². The molecule has 0 aliphatic carbocycles. The van der Waals surface area contributed by atoms with Crippen LogP contribution in [-0.4, -0.2) is 39.2 Å². The Kier molecular flexibility index (Phi) is 22.4. The van der Waals surface area contributed by atoms with E-state index in [9.17, 15) is 25.9 Å². The van der Waals surface area contributed by atoms with Crippen molar-refractivity contribution in [2.75, 3.05) is 13.2 Å². The Bertz CT molecular complexity index is 361. The fraction of sp³-hybridized carbons (Fsp3) is 0.333. The van der Waals surface area contributed by atoms with Crippen LogP contribution >= 0.6 is 0 Å². The molecular weight excluding hydrogens is 310 g/mol. The molecule has 0 saturated heterocycles. The molecule has 96 valence electrons. The third kappa shape index (κ3) is 36.0. The van der Waals surface area contributed by atoms with Crippen molar-refractivity contribution in [3.8, 4) is 0 Å². The van der Waals surface area contributed by atoms with Gasteiger partial charge >= 0.3 is 59.1 Å². The first-order valence-corrected chi connectivity index (χ1v) is 6.21. The van der Waals surface area contributed by atoms with Crippen molar-refractivity contribution in [3.63, 3.8) is 0 Å². The van der Waals surface area contributed by atoms with E-state index < -0.39 is 20.8 Å². The van der Waals surface area contributed by atoms with Crippen LogP contribution in [0.4, 0.5) is 0 Å². The van der Waals surface area contributed by atoms with Crippen molar-refractivity contribution < 1.29 is 93.4 Å². The van der Waals surface area contributed by atoms with Crippen LogP contribution in [0.25, 0.3) is 0 Å². The summed E-state index contributed by atoms with van der Waals surface area (Å²) in [6, 6.07) is 0. The fourth-order valence-corrected chi connectivity index (χ4v) is 0.789. The van der Waals surface area contributed by atoms with E-state index >= 15 is 0 Å². The van der Waals surface area contributed by atoms with Crippen molar-refractivity contribution >= 4 is 20.8 Å². The number of rotatable bonds is 6. The molecule has 18 heavy (non-hydrogen) atoms. The van der Waals surface area contributed by atoms with Gasteiger partial charge in [0, 0.05) is 0 Å². The monoisotopic (exact) mass is 320 g/mol. The largest absolute Gasteiger partial charge is 1.00 e. The maximum atomic E-state index is 9.56.